The summed E-state index contributed by atoms with van der Waals surface area (Å²) < 4.78 is 4.37. The number of amides is 1. The van der Waals surface area contributed by atoms with Gasteiger partial charge in [-0.2, -0.15) is 4.37 Å². The number of carbonyl (C=O) groups is 1. The topological polar surface area (TPSA) is 61.4 Å². The van der Waals surface area contributed by atoms with Gasteiger partial charge in [-0.3, -0.25) is 4.79 Å². The highest BCUT2D eigenvalue weighted by atomic mass is 32.1. The summed E-state index contributed by atoms with van der Waals surface area (Å²) in [5.74, 6) is 1.50. The second-order valence-electron chi connectivity index (χ2n) is 6.04. The molecule has 0 aliphatic carbocycles. The van der Waals surface area contributed by atoms with Crippen molar-refractivity contribution >= 4 is 22.6 Å². The van der Waals surface area contributed by atoms with E-state index in [4.69, 9.17) is 0 Å². The second-order valence-corrected chi connectivity index (χ2v) is 6.77. The molecular weight excluding hydrogens is 298 g/mol. The van der Waals surface area contributed by atoms with Gasteiger partial charge in [-0.15, -0.1) is 0 Å². The summed E-state index contributed by atoms with van der Waals surface area (Å²) in [5.41, 5.74) is 0. The minimum atomic E-state index is 0.223. The molecule has 1 amide bonds. The number of aryl methyl sites for hydroxylation is 1. The molecule has 3 heterocycles. The van der Waals surface area contributed by atoms with E-state index in [0.29, 0.717) is 5.91 Å². The average Bonchev–Trinajstić information content (AvgIpc) is 2.92. The van der Waals surface area contributed by atoms with Crippen molar-refractivity contribution in [3.8, 4) is 0 Å². The lowest BCUT2D eigenvalue weighted by Gasteiger charge is -2.28. The van der Waals surface area contributed by atoms with Gasteiger partial charge >= 0.3 is 0 Å². The Labute approximate surface area is 136 Å². The second kappa shape index (κ2) is 7.37. The Kier molecular flexibility index (Phi) is 5.25. The maximum absolute atomic E-state index is 12.7. The molecule has 1 N–H and O–H groups in total. The van der Waals surface area contributed by atoms with Crippen molar-refractivity contribution in [3.05, 3.63) is 5.82 Å². The molecule has 22 heavy (non-hydrogen) atoms. The summed E-state index contributed by atoms with van der Waals surface area (Å²) in [7, 11) is 0. The monoisotopic (exact) mass is 323 g/mol. The van der Waals surface area contributed by atoms with E-state index < -0.39 is 0 Å². The van der Waals surface area contributed by atoms with Gasteiger partial charge in [0.15, 0.2) is 0 Å². The predicted molar refractivity (Wildman–Crippen MR) is 88.3 cm³/mol. The van der Waals surface area contributed by atoms with Crippen molar-refractivity contribution in [2.75, 3.05) is 44.2 Å². The first-order valence-electron chi connectivity index (χ1n) is 8.35. The molecule has 0 spiro atoms. The van der Waals surface area contributed by atoms with Crippen LogP contribution in [0.15, 0.2) is 0 Å². The van der Waals surface area contributed by atoms with Crippen LogP contribution in [0.25, 0.3) is 0 Å². The maximum Gasteiger partial charge on any atom is 0.225 e. The average molecular weight is 323 g/mol. The van der Waals surface area contributed by atoms with Crippen LogP contribution in [0.1, 0.15) is 32.0 Å². The fourth-order valence-electron chi connectivity index (χ4n) is 3.17. The van der Waals surface area contributed by atoms with Crippen molar-refractivity contribution in [1.29, 1.82) is 0 Å². The quantitative estimate of drug-likeness (QED) is 0.904. The van der Waals surface area contributed by atoms with E-state index in [1.165, 1.54) is 11.5 Å². The summed E-state index contributed by atoms with van der Waals surface area (Å²) in [6.07, 6.45) is 3.85. The largest absolute Gasteiger partial charge is 0.345 e. The van der Waals surface area contributed by atoms with E-state index in [1.54, 1.807) is 0 Å². The third-order valence-electron chi connectivity index (χ3n) is 4.54. The molecule has 2 aliphatic rings. The highest BCUT2D eigenvalue weighted by molar-refractivity contribution is 7.09. The smallest absolute Gasteiger partial charge is 0.225 e. The van der Waals surface area contributed by atoms with Gasteiger partial charge in [0.2, 0.25) is 11.0 Å². The molecular formula is C15H25N5OS. The molecule has 2 saturated heterocycles. The van der Waals surface area contributed by atoms with Crippen molar-refractivity contribution < 1.29 is 4.79 Å². The van der Waals surface area contributed by atoms with Gasteiger partial charge in [-0.05, 0) is 32.4 Å². The molecule has 2 fully saturated rings. The number of piperidine rings is 1. The molecule has 0 radical (unpaired) electrons. The van der Waals surface area contributed by atoms with E-state index >= 15 is 0 Å². The van der Waals surface area contributed by atoms with E-state index in [-0.39, 0.29) is 5.92 Å². The van der Waals surface area contributed by atoms with Crippen LogP contribution in [-0.2, 0) is 11.2 Å². The normalized spacial score (nSPS) is 21.0. The first-order chi connectivity index (χ1) is 10.8. The van der Waals surface area contributed by atoms with Gasteiger partial charge in [0.05, 0.1) is 0 Å². The van der Waals surface area contributed by atoms with Crippen LogP contribution in [-0.4, -0.2) is 59.4 Å². The van der Waals surface area contributed by atoms with Crippen molar-refractivity contribution in [2.24, 2.45) is 5.92 Å². The fourth-order valence-corrected chi connectivity index (χ4v) is 3.97. The van der Waals surface area contributed by atoms with Crippen LogP contribution < -0.4 is 10.2 Å². The van der Waals surface area contributed by atoms with Gasteiger partial charge in [0, 0.05) is 50.1 Å². The maximum atomic E-state index is 12.7. The van der Waals surface area contributed by atoms with Gasteiger partial charge in [0.25, 0.3) is 0 Å². The zero-order chi connectivity index (χ0) is 15.4. The minimum absolute atomic E-state index is 0.223. The third-order valence-corrected chi connectivity index (χ3v) is 5.35. The van der Waals surface area contributed by atoms with Crippen molar-refractivity contribution in [2.45, 2.75) is 32.6 Å². The molecule has 3 rings (SSSR count). The molecule has 7 heteroatoms. The molecule has 0 aromatic carbocycles. The molecule has 0 unspecified atom stereocenters. The molecule has 6 nitrogen and oxygen atoms in total. The molecule has 1 aromatic rings. The first-order valence-corrected chi connectivity index (χ1v) is 9.12. The zero-order valence-electron chi connectivity index (χ0n) is 13.3. The number of anilines is 1. The Hall–Kier alpha value is -1.21. The number of hydrogen-bond donors (Lipinski definition) is 1. The summed E-state index contributed by atoms with van der Waals surface area (Å²) >= 11 is 1.48. The number of carbonyl (C=O) groups excluding carboxylic acids is 1. The number of aromatic nitrogens is 2. The molecule has 1 aromatic heterocycles. The van der Waals surface area contributed by atoms with Crippen molar-refractivity contribution in [1.82, 2.24) is 19.6 Å². The first kappa shape index (κ1) is 15.7. The van der Waals surface area contributed by atoms with Crippen LogP contribution in [0.5, 0.6) is 0 Å². The summed E-state index contributed by atoms with van der Waals surface area (Å²) in [6.45, 7) is 7.54. The third kappa shape index (κ3) is 3.57. The van der Waals surface area contributed by atoms with Crippen molar-refractivity contribution in [3.63, 3.8) is 0 Å². The van der Waals surface area contributed by atoms with Crippen LogP contribution in [0.2, 0.25) is 0 Å². The summed E-state index contributed by atoms with van der Waals surface area (Å²) in [6, 6.07) is 0. The number of hydrogen-bond acceptors (Lipinski definition) is 6. The van der Waals surface area contributed by atoms with E-state index in [0.717, 1.165) is 75.9 Å². The molecule has 0 saturated carbocycles. The zero-order valence-corrected chi connectivity index (χ0v) is 14.1. The predicted octanol–water partition coefficient (Wildman–Crippen LogP) is 1.14. The minimum Gasteiger partial charge on any atom is -0.345 e. The Morgan fingerprint density at radius 3 is 2.82 bits per heavy atom. The number of nitrogens with one attached hydrogen (secondary N) is 1. The van der Waals surface area contributed by atoms with E-state index in [9.17, 15) is 4.79 Å². The summed E-state index contributed by atoms with van der Waals surface area (Å²) in [5, 5.41) is 4.34. The van der Waals surface area contributed by atoms with Gasteiger partial charge in [0.1, 0.15) is 5.82 Å². The van der Waals surface area contributed by atoms with Gasteiger partial charge in [-0.1, -0.05) is 6.92 Å². The molecule has 0 atom stereocenters. The standard InChI is InChI=1S/C15H25N5OS/c1-2-13-17-15(22-18-13)20-9-3-8-19(10-11-20)14(21)12-4-6-16-7-5-12/h12,16H,2-11H2,1H3. The highest BCUT2D eigenvalue weighted by Gasteiger charge is 2.27. The van der Waals surface area contributed by atoms with Crippen LogP contribution >= 0.6 is 11.5 Å². The van der Waals surface area contributed by atoms with Gasteiger partial charge in [-0.25, -0.2) is 4.98 Å². The fraction of sp³-hybridized carbons (Fsp3) is 0.800. The van der Waals surface area contributed by atoms with Crippen LogP contribution in [0, 0.1) is 5.92 Å². The highest BCUT2D eigenvalue weighted by Crippen LogP contribution is 2.21. The number of rotatable bonds is 3. The SMILES string of the molecule is CCc1nsc(N2CCCN(C(=O)C3CCNCC3)CC2)n1. The Morgan fingerprint density at radius 2 is 2.09 bits per heavy atom. The van der Waals surface area contributed by atoms with Crippen LogP contribution in [0.4, 0.5) is 5.13 Å². The van der Waals surface area contributed by atoms with E-state index in [2.05, 4.69) is 31.4 Å². The lowest BCUT2D eigenvalue weighted by molar-refractivity contribution is -0.136. The summed E-state index contributed by atoms with van der Waals surface area (Å²) in [4.78, 5) is 21.6. The number of nitrogens with zero attached hydrogens (tertiary/aromatic N) is 4. The Morgan fingerprint density at radius 1 is 1.27 bits per heavy atom. The molecule has 0 bridgehead atoms. The molecule has 122 valence electrons. The Balaban J connectivity index is 1.58. The lowest BCUT2D eigenvalue weighted by Crippen LogP contribution is -2.42. The molecule has 2 aliphatic heterocycles. The Bertz CT molecular complexity index is 500. The van der Waals surface area contributed by atoms with Crippen LogP contribution in [0.3, 0.4) is 0 Å². The lowest BCUT2D eigenvalue weighted by atomic mass is 9.96. The van der Waals surface area contributed by atoms with Gasteiger partial charge < -0.3 is 15.1 Å². The van der Waals surface area contributed by atoms with E-state index in [1.807, 2.05) is 0 Å².